The van der Waals surface area contributed by atoms with Crippen LogP contribution in [-0.4, -0.2) is 13.7 Å². The number of benzene rings is 1. The summed E-state index contributed by atoms with van der Waals surface area (Å²) in [5.41, 5.74) is 2.70. The smallest absolute Gasteiger partial charge is 0.0721 e. The van der Waals surface area contributed by atoms with Crippen molar-refractivity contribution in [1.29, 1.82) is 0 Å². The zero-order valence-electron chi connectivity index (χ0n) is 7.92. The van der Waals surface area contributed by atoms with E-state index < -0.39 is 0 Å². The zero-order valence-corrected chi connectivity index (χ0v) is 10.9. The van der Waals surface area contributed by atoms with Gasteiger partial charge in [-0.2, -0.15) is 0 Å². The van der Waals surface area contributed by atoms with E-state index in [-0.39, 0.29) is 12.4 Å². The van der Waals surface area contributed by atoms with E-state index in [0.717, 1.165) is 13.2 Å². The van der Waals surface area contributed by atoms with Gasteiger partial charge in [0.2, 0.25) is 0 Å². The van der Waals surface area contributed by atoms with Crippen LogP contribution in [0, 0.1) is 3.57 Å². The highest BCUT2D eigenvalue weighted by molar-refractivity contribution is 14.1. The number of hydrogen-bond acceptors (Lipinski definition) is 2. The van der Waals surface area contributed by atoms with Crippen LogP contribution in [-0.2, 0) is 11.3 Å². The van der Waals surface area contributed by atoms with Gasteiger partial charge in [-0.1, -0.05) is 6.07 Å². The Bertz CT molecular complexity index is 319. The van der Waals surface area contributed by atoms with Crippen LogP contribution >= 0.6 is 35.0 Å². The van der Waals surface area contributed by atoms with Gasteiger partial charge in [0, 0.05) is 3.57 Å². The molecule has 14 heavy (non-hydrogen) atoms. The molecule has 2 nitrogen and oxygen atoms in total. The molecule has 0 saturated carbocycles. The Morgan fingerprint density at radius 3 is 3.00 bits per heavy atom. The summed E-state index contributed by atoms with van der Waals surface area (Å²) in [5.74, 6) is 0. The van der Waals surface area contributed by atoms with E-state index in [0.29, 0.717) is 6.04 Å². The summed E-state index contributed by atoms with van der Waals surface area (Å²) in [4.78, 5) is 0. The van der Waals surface area contributed by atoms with Crippen molar-refractivity contribution in [1.82, 2.24) is 5.32 Å². The predicted octanol–water partition coefficient (Wildman–Crippen LogP) is 2.50. The van der Waals surface area contributed by atoms with Crippen LogP contribution in [0.3, 0.4) is 0 Å². The molecule has 0 aliphatic carbocycles. The number of nitrogens with one attached hydrogen (secondary N) is 1. The molecule has 0 radical (unpaired) electrons. The number of rotatable bonds is 1. The van der Waals surface area contributed by atoms with Gasteiger partial charge < -0.3 is 10.1 Å². The summed E-state index contributed by atoms with van der Waals surface area (Å²) in [5, 5.41) is 3.25. The van der Waals surface area contributed by atoms with Gasteiger partial charge in [0.05, 0.1) is 19.3 Å². The second-order valence-electron chi connectivity index (χ2n) is 3.20. The third-order valence-electron chi connectivity index (χ3n) is 2.37. The first kappa shape index (κ1) is 12.2. The van der Waals surface area contributed by atoms with E-state index in [1.54, 1.807) is 0 Å². The van der Waals surface area contributed by atoms with E-state index >= 15 is 0 Å². The Kier molecular flexibility index (Phi) is 4.63. The molecule has 1 atom stereocenters. The lowest BCUT2D eigenvalue weighted by molar-refractivity contribution is 0.0844. The van der Waals surface area contributed by atoms with Crippen LogP contribution < -0.4 is 5.32 Å². The highest BCUT2D eigenvalue weighted by Crippen LogP contribution is 2.25. The van der Waals surface area contributed by atoms with Gasteiger partial charge in [0.25, 0.3) is 0 Å². The molecule has 1 aromatic carbocycles. The highest BCUT2D eigenvalue weighted by Gasteiger charge is 2.18. The fourth-order valence-electron chi connectivity index (χ4n) is 1.65. The minimum Gasteiger partial charge on any atom is -0.375 e. The van der Waals surface area contributed by atoms with Crippen LogP contribution in [0.2, 0.25) is 0 Å². The number of hydrogen-bond donors (Lipinski definition) is 1. The SMILES string of the molecule is CN[C@@H]1COCc2cc(I)ccc21.Cl. The molecule has 0 aromatic heterocycles. The molecule has 1 aliphatic heterocycles. The maximum absolute atomic E-state index is 5.49. The van der Waals surface area contributed by atoms with Gasteiger partial charge in [-0.25, -0.2) is 0 Å². The second-order valence-corrected chi connectivity index (χ2v) is 4.45. The average molecular weight is 326 g/mol. The summed E-state index contributed by atoms with van der Waals surface area (Å²) in [6.07, 6.45) is 0. The average Bonchev–Trinajstić information content (AvgIpc) is 2.16. The molecule has 0 saturated heterocycles. The van der Waals surface area contributed by atoms with Crippen LogP contribution in [0.5, 0.6) is 0 Å². The molecule has 0 spiro atoms. The molecule has 0 bridgehead atoms. The molecule has 0 amide bonds. The molecule has 1 aromatic rings. The number of fused-ring (bicyclic) bond motifs is 1. The Morgan fingerprint density at radius 2 is 2.29 bits per heavy atom. The molecule has 2 rings (SSSR count). The highest BCUT2D eigenvalue weighted by atomic mass is 127. The third kappa shape index (κ3) is 2.39. The second kappa shape index (κ2) is 5.30. The normalized spacial score (nSPS) is 19.7. The van der Waals surface area contributed by atoms with Gasteiger partial charge in [-0.15, -0.1) is 12.4 Å². The van der Waals surface area contributed by atoms with Crippen LogP contribution in [0.25, 0.3) is 0 Å². The number of halogens is 2. The van der Waals surface area contributed by atoms with E-state index in [1.165, 1.54) is 14.7 Å². The zero-order chi connectivity index (χ0) is 9.26. The molecule has 1 heterocycles. The predicted molar refractivity (Wildman–Crippen MR) is 67.9 cm³/mol. The maximum Gasteiger partial charge on any atom is 0.0721 e. The first-order valence-electron chi connectivity index (χ1n) is 4.34. The Morgan fingerprint density at radius 1 is 1.50 bits per heavy atom. The lowest BCUT2D eigenvalue weighted by Crippen LogP contribution is -2.26. The van der Waals surface area contributed by atoms with Crippen molar-refractivity contribution in [3.05, 3.63) is 32.9 Å². The first-order chi connectivity index (χ1) is 6.31. The summed E-state index contributed by atoms with van der Waals surface area (Å²) in [6, 6.07) is 6.90. The minimum absolute atomic E-state index is 0. The van der Waals surface area contributed by atoms with Crippen molar-refractivity contribution in [2.75, 3.05) is 13.7 Å². The van der Waals surface area contributed by atoms with E-state index in [2.05, 4.69) is 46.1 Å². The van der Waals surface area contributed by atoms with Crippen molar-refractivity contribution in [3.63, 3.8) is 0 Å². The maximum atomic E-state index is 5.49. The fourth-order valence-corrected chi connectivity index (χ4v) is 2.21. The third-order valence-corrected chi connectivity index (χ3v) is 3.04. The standard InChI is InChI=1S/C10H12INO.ClH/c1-12-10-6-13-5-7-4-8(11)2-3-9(7)10;/h2-4,10,12H,5-6H2,1H3;1H/t10-;/m1./s1. The molecular formula is C10H13ClINO. The summed E-state index contributed by atoms with van der Waals surface area (Å²) >= 11 is 2.33. The van der Waals surface area contributed by atoms with Crippen molar-refractivity contribution >= 4 is 35.0 Å². The van der Waals surface area contributed by atoms with Crippen LogP contribution in [0.1, 0.15) is 17.2 Å². The van der Waals surface area contributed by atoms with E-state index in [1.807, 2.05) is 7.05 Å². The fraction of sp³-hybridized carbons (Fsp3) is 0.400. The monoisotopic (exact) mass is 325 g/mol. The molecule has 0 fully saturated rings. The van der Waals surface area contributed by atoms with Crippen molar-refractivity contribution < 1.29 is 4.74 Å². The van der Waals surface area contributed by atoms with Crippen molar-refractivity contribution in [3.8, 4) is 0 Å². The molecule has 1 aliphatic rings. The largest absolute Gasteiger partial charge is 0.375 e. The molecular weight excluding hydrogens is 312 g/mol. The Hall–Kier alpha value is 0.160. The molecule has 1 N–H and O–H groups in total. The lowest BCUT2D eigenvalue weighted by atomic mass is 9.99. The van der Waals surface area contributed by atoms with Crippen LogP contribution in [0.4, 0.5) is 0 Å². The molecule has 0 unspecified atom stereocenters. The number of ether oxygens (including phenoxy) is 1. The minimum atomic E-state index is 0. The first-order valence-corrected chi connectivity index (χ1v) is 5.42. The summed E-state index contributed by atoms with van der Waals surface area (Å²) in [6.45, 7) is 1.54. The van der Waals surface area contributed by atoms with E-state index in [4.69, 9.17) is 4.74 Å². The summed E-state index contributed by atoms with van der Waals surface area (Å²) in [7, 11) is 1.97. The van der Waals surface area contributed by atoms with Crippen molar-refractivity contribution in [2.45, 2.75) is 12.6 Å². The van der Waals surface area contributed by atoms with Gasteiger partial charge in [0.1, 0.15) is 0 Å². The topological polar surface area (TPSA) is 21.3 Å². The Labute approximate surface area is 104 Å². The Balaban J connectivity index is 0.000000980. The quantitative estimate of drug-likeness (QED) is 0.801. The van der Waals surface area contributed by atoms with Gasteiger partial charge >= 0.3 is 0 Å². The van der Waals surface area contributed by atoms with Gasteiger partial charge in [0.15, 0.2) is 0 Å². The van der Waals surface area contributed by atoms with Gasteiger partial charge in [-0.3, -0.25) is 0 Å². The lowest BCUT2D eigenvalue weighted by Gasteiger charge is -2.25. The number of likely N-dealkylation sites (N-methyl/N-ethyl adjacent to an activating group) is 1. The van der Waals surface area contributed by atoms with Crippen LogP contribution in [0.15, 0.2) is 18.2 Å². The van der Waals surface area contributed by atoms with E-state index in [9.17, 15) is 0 Å². The van der Waals surface area contributed by atoms with Gasteiger partial charge in [-0.05, 0) is 52.9 Å². The molecule has 78 valence electrons. The molecule has 4 heteroatoms. The van der Waals surface area contributed by atoms with Crippen molar-refractivity contribution in [2.24, 2.45) is 0 Å². The summed E-state index contributed by atoms with van der Waals surface area (Å²) < 4.78 is 6.76.